The zero-order valence-corrected chi connectivity index (χ0v) is 12.9. The second kappa shape index (κ2) is 9.26. The molecule has 1 aromatic carbocycles. The summed E-state index contributed by atoms with van der Waals surface area (Å²) in [4.78, 5) is 13.5. The van der Waals surface area contributed by atoms with Crippen LogP contribution < -0.4 is 10.1 Å². The molecule has 6 heteroatoms. The molecule has 0 saturated heterocycles. The molecule has 5 nitrogen and oxygen atoms in total. The van der Waals surface area contributed by atoms with Crippen LogP contribution in [0.1, 0.15) is 13.3 Å². The average Bonchev–Trinajstić information content (AvgIpc) is 2.46. The molecule has 0 spiro atoms. The monoisotopic (exact) mass is 312 g/mol. The van der Waals surface area contributed by atoms with Crippen molar-refractivity contribution in [2.75, 3.05) is 31.6 Å². The molecule has 0 radical (unpaired) electrons. The third-order valence-corrected chi connectivity index (χ3v) is 2.95. The Morgan fingerprint density at radius 2 is 2.33 bits per heavy atom. The zero-order valence-electron chi connectivity index (χ0n) is 12.1. The maximum atomic E-state index is 12.0. The highest BCUT2D eigenvalue weighted by molar-refractivity contribution is 6.32. The predicted molar refractivity (Wildman–Crippen MR) is 85.1 cm³/mol. The van der Waals surface area contributed by atoms with Gasteiger partial charge >= 0.3 is 6.03 Å². The fourth-order valence-electron chi connectivity index (χ4n) is 1.66. The van der Waals surface area contributed by atoms with Crippen LogP contribution in [0.4, 0.5) is 10.5 Å². The molecule has 0 aliphatic heterocycles. The van der Waals surface area contributed by atoms with Crippen molar-refractivity contribution in [1.29, 1.82) is 0 Å². The number of ether oxygens (including phenoxy) is 1. The molecule has 0 saturated carbocycles. The van der Waals surface area contributed by atoms with Gasteiger partial charge in [0.05, 0.1) is 18.2 Å². The number of halogens is 1. The fourth-order valence-corrected chi connectivity index (χ4v) is 1.90. The summed E-state index contributed by atoms with van der Waals surface area (Å²) in [6, 6.07) is 4.76. The third kappa shape index (κ3) is 5.65. The number of benzene rings is 1. The average molecular weight is 313 g/mol. The lowest BCUT2D eigenvalue weighted by Crippen LogP contribution is -2.37. The van der Waals surface area contributed by atoms with Crippen molar-refractivity contribution in [2.24, 2.45) is 0 Å². The smallest absolute Gasteiger partial charge is 0.322 e. The van der Waals surface area contributed by atoms with Gasteiger partial charge in [0, 0.05) is 18.8 Å². The molecule has 2 amide bonds. The third-order valence-electron chi connectivity index (χ3n) is 2.65. The molecule has 1 aromatic rings. The first kappa shape index (κ1) is 17.3. The number of carbonyl (C=O) groups is 1. The molecule has 2 N–H and O–H groups in total. The molecule has 0 aliphatic rings. The lowest BCUT2D eigenvalue weighted by molar-refractivity contribution is 0.195. The van der Waals surface area contributed by atoms with Crippen LogP contribution in [-0.2, 0) is 0 Å². The van der Waals surface area contributed by atoms with Gasteiger partial charge in [0.2, 0.25) is 0 Å². The fraction of sp³-hybridized carbons (Fsp3) is 0.400. The summed E-state index contributed by atoms with van der Waals surface area (Å²) in [7, 11) is 0. The first-order chi connectivity index (χ1) is 10.1. The van der Waals surface area contributed by atoms with E-state index >= 15 is 0 Å². The van der Waals surface area contributed by atoms with Gasteiger partial charge in [-0.2, -0.15) is 0 Å². The molecule has 0 atom stereocenters. The molecule has 0 aliphatic carbocycles. The van der Waals surface area contributed by atoms with Gasteiger partial charge in [-0.25, -0.2) is 4.79 Å². The van der Waals surface area contributed by atoms with Crippen LogP contribution in [0.25, 0.3) is 0 Å². The van der Waals surface area contributed by atoms with Crippen molar-refractivity contribution >= 4 is 23.3 Å². The van der Waals surface area contributed by atoms with Crippen LogP contribution >= 0.6 is 11.6 Å². The lowest BCUT2D eigenvalue weighted by Gasteiger charge is -2.20. The van der Waals surface area contributed by atoms with Gasteiger partial charge in [0.1, 0.15) is 5.75 Å². The summed E-state index contributed by atoms with van der Waals surface area (Å²) in [6.45, 7) is 6.68. The summed E-state index contributed by atoms with van der Waals surface area (Å²) in [5.74, 6) is 0.592. The number of anilines is 1. The quantitative estimate of drug-likeness (QED) is 0.725. The molecule has 116 valence electrons. The van der Waals surface area contributed by atoms with Crippen LogP contribution in [0, 0.1) is 0 Å². The van der Waals surface area contributed by atoms with Gasteiger partial charge in [0.15, 0.2) is 0 Å². The molecule has 0 fully saturated rings. The summed E-state index contributed by atoms with van der Waals surface area (Å²) in [6.07, 6.45) is 2.50. The molecule has 21 heavy (non-hydrogen) atoms. The van der Waals surface area contributed by atoms with Crippen LogP contribution in [0.5, 0.6) is 5.75 Å². The Hall–Kier alpha value is -1.72. The number of hydrogen-bond acceptors (Lipinski definition) is 3. The van der Waals surface area contributed by atoms with E-state index < -0.39 is 0 Å². The van der Waals surface area contributed by atoms with Gasteiger partial charge < -0.3 is 20.1 Å². The van der Waals surface area contributed by atoms with E-state index in [2.05, 4.69) is 11.9 Å². The first-order valence-electron chi connectivity index (χ1n) is 6.82. The predicted octanol–water partition coefficient (Wildman–Crippen LogP) is 3.14. The molecule has 1 rings (SSSR count). The highest BCUT2D eigenvalue weighted by Gasteiger charge is 2.12. The maximum Gasteiger partial charge on any atom is 0.322 e. The van der Waals surface area contributed by atoms with Crippen molar-refractivity contribution in [3.05, 3.63) is 35.9 Å². The number of rotatable bonds is 8. The highest BCUT2D eigenvalue weighted by atomic mass is 35.5. The van der Waals surface area contributed by atoms with Crippen LogP contribution in [0.3, 0.4) is 0 Å². The minimum atomic E-state index is -0.317. The van der Waals surface area contributed by atoms with E-state index in [-0.39, 0.29) is 19.2 Å². The van der Waals surface area contributed by atoms with Crippen molar-refractivity contribution < 1.29 is 14.6 Å². The SMILES string of the molecule is C=CCN(CCO)C(=O)Nc1ccc(OCCC)c(Cl)c1. The van der Waals surface area contributed by atoms with Crippen molar-refractivity contribution in [3.8, 4) is 5.75 Å². The normalized spacial score (nSPS) is 10.0. The Morgan fingerprint density at radius 1 is 1.57 bits per heavy atom. The summed E-state index contributed by atoms with van der Waals surface area (Å²) in [5, 5.41) is 12.1. The Balaban J connectivity index is 2.71. The lowest BCUT2D eigenvalue weighted by atomic mass is 10.3. The van der Waals surface area contributed by atoms with Crippen LogP contribution in [-0.4, -0.2) is 42.3 Å². The second-order valence-electron chi connectivity index (χ2n) is 4.38. The van der Waals surface area contributed by atoms with Gasteiger partial charge in [0.25, 0.3) is 0 Å². The number of amides is 2. The van der Waals surface area contributed by atoms with E-state index in [4.69, 9.17) is 21.4 Å². The highest BCUT2D eigenvalue weighted by Crippen LogP contribution is 2.27. The van der Waals surface area contributed by atoms with Gasteiger partial charge in [-0.05, 0) is 24.6 Å². The topological polar surface area (TPSA) is 61.8 Å². The van der Waals surface area contributed by atoms with Crippen LogP contribution in [0.15, 0.2) is 30.9 Å². The largest absolute Gasteiger partial charge is 0.492 e. The van der Waals surface area contributed by atoms with E-state index in [1.165, 1.54) is 4.90 Å². The first-order valence-corrected chi connectivity index (χ1v) is 7.20. The van der Waals surface area contributed by atoms with E-state index in [0.717, 1.165) is 6.42 Å². The van der Waals surface area contributed by atoms with E-state index in [1.54, 1.807) is 24.3 Å². The number of urea groups is 1. The molecule has 0 bridgehead atoms. The minimum Gasteiger partial charge on any atom is -0.492 e. The number of hydrogen-bond donors (Lipinski definition) is 2. The Labute approximate surface area is 130 Å². The second-order valence-corrected chi connectivity index (χ2v) is 4.79. The van der Waals surface area contributed by atoms with E-state index in [0.29, 0.717) is 29.6 Å². The molecular weight excluding hydrogens is 292 g/mol. The van der Waals surface area contributed by atoms with Crippen molar-refractivity contribution in [3.63, 3.8) is 0 Å². The zero-order chi connectivity index (χ0) is 15.7. The number of aliphatic hydroxyl groups is 1. The van der Waals surface area contributed by atoms with Gasteiger partial charge in [-0.3, -0.25) is 0 Å². The number of nitrogens with zero attached hydrogens (tertiary/aromatic N) is 1. The molecule has 0 heterocycles. The minimum absolute atomic E-state index is 0.105. The van der Waals surface area contributed by atoms with E-state index in [1.807, 2.05) is 6.92 Å². The van der Waals surface area contributed by atoms with Crippen LogP contribution in [0.2, 0.25) is 5.02 Å². The Bertz CT molecular complexity index is 480. The molecule has 0 unspecified atom stereocenters. The Morgan fingerprint density at radius 3 is 2.90 bits per heavy atom. The summed E-state index contributed by atoms with van der Waals surface area (Å²) in [5.41, 5.74) is 0.570. The number of carbonyl (C=O) groups excluding carboxylic acids is 1. The number of aliphatic hydroxyl groups excluding tert-OH is 1. The summed E-state index contributed by atoms with van der Waals surface area (Å²) >= 11 is 6.10. The van der Waals surface area contributed by atoms with Crippen molar-refractivity contribution in [2.45, 2.75) is 13.3 Å². The summed E-state index contributed by atoms with van der Waals surface area (Å²) < 4.78 is 5.47. The maximum absolute atomic E-state index is 12.0. The van der Waals surface area contributed by atoms with E-state index in [9.17, 15) is 4.79 Å². The van der Waals surface area contributed by atoms with Gasteiger partial charge in [-0.1, -0.05) is 24.6 Å². The Kier molecular flexibility index (Phi) is 7.64. The van der Waals surface area contributed by atoms with Crippen molar-refractivity contribution in [1.82, 2.24) is 4.90 Å². The number of nitrogens with one attached hydrogen (secondary N) is 1. The van der Waals surface area contributed by atoms with Gasteiger partial charge in [-0.15, -0.1) is 6.58 Å². The molecule has 0 aromatic heterocycles. The molecular formula is C15H21ClN2O3. The standard InChI is InChI=1S/C15H21ClN2O3/c1-3-7-18(8-9-19)15(20)17-12-5-6-14(13(16)11-12)21-10-4-2/h3,5-6,11,19H,1,4,7-10H2,2H3,(H,17,20).